The lowest BCUT2D eigenvalue weighted by molar-refractivity contribution is -0.132. The molecule has 8 heteroatoms. The monoisotopic (exact) mass is 413 g/mol. The Morgan fingerprint density at radius 2 is 1.67 bits per heavy atom. The molecule has 0 radical (unpaired) electrons. The first-order chi connectivity index (χ1) is 14.3. The molecule has 3 N–H and O–H groups in total. The predicted octanol–water partition coefficient (Wildman–Crippen LogP) is 2.05. The van der Waals surface area contributed by atoms with Crippen molar-refractivity contribution in [1.82, 2.24) is 16.2 Å². The molecule has 0 fully saturated rings. The minimum absolute atomic E-state index is 0.314. The zero-order chi connectivity index (χ0) is 22.1. The van der Waals surface area contributed by atoms with E-state index in [0.717, 1.165) is 11.1 Å². The Hall–Kier alpha value is -3.55. The van der Waals surface area contributed by atoms with Gasteiger partial charge in [-0.25, -0.2) is 0 Å². The average molecular weight is 413 g/mol. The van der Waals surface area contributed by atoms with Crippen LogP contribution < -0.4 is 25.6 Å². The fraction of sp³-hybridized carbons (Fsp3) is 0.318. The van der Waals surface area contributed by atoms with E-state index < -0.39 is 23.8 Å². The first kappa shape index (κ1) is 22.7. The molecule has 30 heavy (non-hydrogen) atoms. The molecule has 160 valence electrons. The lowest BCUT2D eigenvalue weighted by Crippen LogP contribution is -2.50. The van der Waals surface area contributed by atoms with Gasteiger partial charge in [0, 0.05) is 0 Å². The molecular weight excluding hydrogens is 386 g/mol. The van der Waals surface area contributed by atoms with Crippen LogP contribution in [0.25, 0.3) is 0 Å². The molecule has 0 spiro atoms. The maximum absolute atomic E-state index is 12.3. The Labute approximate surface area is 175 Å². The predicted molar refractivity (Wildman–Crippen MR) is 112 cm³/mol. The molecule has 0 heterocycles. The molecule has 0 aromatic heterocycles. The van der Waals surface area contributed by atoms with Crippen LogP contribution in [0.2, 0.25) is 0 Å². The van der Waals surface area contributed by atoms with Crippen molar-refractivity contribution < 1.29 is 23.9 Å². The maximum atomic E-state index is 12.3. The molecule has 8 nitrogen and oxygen atoms in total. The second-order valence-electron chi connectivity index (χ2n) is 6.61. The molecule has 1 atom stereocenters. The van der Waals surface area contributed by atoms with Gasteiger partial charge in [0.1, 0.15) is 11.5 Å². The van der Waals surface area contributed by atoms with E-state index in [2.05, 4.69) is 16.2 Å². The van der Waals surface area contributed by atoms with E-state index in [0.29, 0.717) is 23.7 Å². The molecule has 2 rings (SSSR count). The van der Waals surface area contributed by atoms with Gasteiger partial charge in [-0.15, -0.1) is 0 Å². The number of rotatable bonds is 8. The number of hydrogen-bond donors (Lipinski definition) is 3. The summed E-state index contributed by atoms with van der Waals surface area (Å²) < 4.78 is 11.1. The Kier molecular flexibility index (Phi) is 8.22. The number of amides is 3. The van der Waals surface area contributed by atoms with Gasteiger partial charge in [-0.1, -0.05) is 24.3 Å². The highest BCUT2D eigenvalue weighted by Gasteiger charge is 2.17. The number of nitrogens with one attached hydrogen (secondary N) is 3. The normalized spacial score (nSPS) is 11.2. The van der Waals surface area contributed by atoms with E-state index in [9.17, 15) is 14.4 Å². The molecule has 0 aliphatic rings. The molecule has 1 unspecified atom stereocenters. The smallest absolute Gasteiger partial charge is 0.279 e. The summed E-state index contributed by atoms with van der Waals surface area (Å²) >= 11 is 0. The molecule has 3 amide bonds. The number of carbonyl (C=O) groups is 3. The Bertz CT molecular complexity index is 913. The van der Waals surface area contributed by atoms with Gasteiger partial charge < -0.3 is 14.8 Å². The zero-order valence-electron chi connectivity index (χ0n) is 17.6. The topological polar surface area (TPSA) is 106 Å². The van der Waals surface area contributed by atoms with Crippen LogP contribution in [0.3, 0.4) is 0 Å². The van der Waals surface area contributed by atoms with Crippen molar-refractivity contribution in [3.63, 3.8) is 0 Å². The second-order valence-corrected chi connectivity index (χ2v) is 6.61. The highest BCUT2D eigenvalue weighted by Crippen LogP contribution is 2.21. The van der Waals surface area contributed by atoms with Gasteiger partial charge in [0.2, 0.25) is 0 Å². The summed E-state index contributed by atoms with van der Waals surface area (Å²) in [5.41, 5.74) is 6.87. The SMILES string of the molecule is CCOc1ccccc1C(=O)NCC(=O)NNC(=O)C(C)Oc1cccc(C)c1C. The minimum Gasteiger partial charge on any atom is -0.493 e. The Balaban J connectivity index is 1.80. The second kappa shape index (κ2) is 10.8. The van der Waals surface area contributed by atoms with Gasteiger partial charge in [-0.2, -0.15) is 0 Å². The third-order valence-electron chi connectivity index (χ3n) is 4.39. The van der Waals surface area contributed by atoms with Crippen molar-refractivity contribution in [2.45, 2.75) is 33.8 Å². The van der Waals surface area contributed by atoms with Gasteiger partial charge >= 0.3 is 0 Å². The Morgan fingerprint density at radius 3 is 2.40 bits per heavy atom. The number of para-hydroxylation sites is 1. The summed E-state index contributed by atoms with van der Waals surface area (Å²) in [6.07, 6.45) is -0.821. The molecule has 2 aromatic rings. The zero-order valence-corrected chi connectivity index (χ0v) is 17.6. The van der Waals surface area contributed by atoms with Crippen LogP contribution in [0.4, 0.5) is 0 Å². The van der Waals surface area contributed by atoms with Crippen LogP contribution in [-0.2, 0) is 9.59 Å². The van der Waals surface area contributed by atoms with Gasteiger partial charge in [-0.3, -0.25) is 25.2 Å². The quantitative estimate of drug-likeness (QED) is 0.575. The lowest BCUT2D eigenvalue weighted by atomic mass is 10.1. The van der Waals surface area contributed by atoms with Crippen LogP contribution in [-0.4, -0.2) is 37.0 Å². The van der Waals surface area contributed by atoms with Crippen molar-refractivity contribution in [3.05, 3.63) is 59.2 Å². The number of hydrogen-bond acceptors (Lipinski definition) is 5. The van der Waals surface area contributed by atoms with Crippen molar-refractivity contribution in [2.24, 2.45) is 0 Å². The molecule has 0 aliphatic heterocycles. The summed E-state index contributed by atoms with van der Waals surface area (Å²) in [7, 11) is 0. The fourth-order valence-electron chi connectivity index (χ4n) is 2.56. The van der Waals surface area contributed by atoms with E-state index in [-0.39, 0.29) is 6.54 Å². The number of aryl methyl sites for hydroxylation is 1. The maximum Gasteiger partial charge on any atom is 0.279 e. The third-order valence-corrected chi connectivity index (χ3v) is 4.39. The van der Waals surface area contributed by atoms with E-state index in [4.69, 9.17) is 9.47 Å². The third kappa shape index (κ3) is 6.23. The standard InChI is InChI=1S/C22H27N3O5/c1-5-29-19-11-7-6-10-17(19)22(28)23-13-20(26)24-25-21(27)16(4)30-18-12-8-9-14(2)15(18)3/h6-12,16H,5,13H2,1-4H3,(H,23,28)(H,24,26)(H,25,27). The summed E-state index contributed by atoms with van der Waals surface area (Å²) in [4.78, 5) is 36.4. The molecular formula is C22H27N3O5. The van der Waals surface area contributed by atoms with Gasteiger partial charge in [-0.05, 0) is 57.0 Å². The number of hydrazine groups is 1. The Morgan fingerprint density at radius 1 is 0.967 bits per heavy atom. The van der Waals surface area contributed by atoms with E-state index >= 15 is 0 Å². The van der Waals surface area contributed by atoms with Crippen molar-refractivity contribution >= 4 is 17.7 Å². The highest BCUT2D eigenvalue weighted by molar-refractivity contribution is 5.98. The van der Waals surface area contributed by atoms with Crippen LogP contribution in [0, 0.1) is 13.8 Å². The molecule has 2 aromatic carbocycles. The van der Waals surface area contributed by atoms with Crippen LogP contribution in [0.15, 0.2) is 42.5 Å². The minimum atomic E-state index is -0.821. The number of benzene rings is 2. The molecule has 0 bridgehead atoms. The first-order valence-corrected chi connectivity index (χ1v) is 9.65. The summed E-state index contributed by atoms with van der Waals surface area (Å²) in [5, 5.41) is 2.49. The van der Waals surface area contributed by atoms with E-state index in [1.54, 1.807) is 37.3 Å². The first-order valence-electron chi connectivity index (χ1n) is 9.65. The summed E-state index contributed by atoms with van der Waals surface area (Å²) in [5.74, 6) is -0.512. The molecule has 0 saturated heterocycles. The molecule has 0 saturated carbocycles. The summed E-state index contributed by atoms with van der Waals surface area (Å²) in [6, 6.07) is 12.3. The van der Waals surface area contributed by atoms with Gasteiger partial charge in [0.15, 0.2) is 6.10 Å². The van der Waals surface area contributed by atoms with Crippen LogP contribution in [0.5, 0.6) is 11.5 Å². The van der Waals surface area contributed by atoms with Crippen molar-refractivity contribution in [3.8, 4) is 11.5 Å². The van der Waals surface area contributed by atoms with Gasteiger partial charge in [0.25, 0.3) is 17.7 Å². The van der Waals surface area contributed by atoms with Crippen LogP contribution >= 0.6 is 0 Å². The number of carbonyl (C=O) groups excluding carboxylic acids is 3. The average Bonchev–Trinajstić information content (AvgIpc) is 2.74. The van der Waals surface area contributed by atoms with E-state index in [1.807, 2.05) is 32.9 Å². The largest absolute Gasteiger partial charge is 0.493 e. The highest BCUT2D eigenvalue weighted by atomic mass is 16.5. The van der Waals surface area contributed by atoms with Crippen molar-refractivity contribution in [2.75, 3.05) is 13.2 Å². The number of ether oxygens (including phenoxy) is 2. The summed E-state index contributed by atoms with van der Waals surface area (Å²) in [6.45, 7) is 7.36. The lowest BCUT2D eigenvalue weighted by Gasteiger charge is -2.17. The molecule has 0 aliphatic carbocycles. The van der Waals surface area contributed by atoms with Gasteiger partial charge in [0.05, 0.1) is 18.7 Å². The van der Waals surface area contributed by atoms with Crippen molar-refractivity contribution in [1.29, 1.82) is 0 Å². The fourth-order valence-corrected chi connectivity index (χ4v) is 2.56. The van der Waals surface area contributed by atoms with Crippen LogP contribution in [0.1, 0.15) is 35.3 Å². The van der Waals surface area contributed by atoms with E-state index in [1.165, 1.54) is 0 Å².